The number of hydrogen-bond acceptors (Lipinski definition) is 2. The van der Waals surface area contributed by atoms with Gasteiger partial charge in [0, 0.05) is 0 Å². The van der Waals surface area contributed by atoms with Crippen LogP contribution in [-0.2, 0) is 9.84 Å². The Kier molecular flexibility index (Phi) is 2.12. The van der Waals surface area contributed by atoms with Crippen molar-refractivity contribution >= 4 is 9.84 Å². The summed E-state index contributed by atoms with van der Waals surface area (Å²) in [5.41, 5.74) is 0.773. The van der Waals surface area contributed by atoms with Crippen molar-refractivity contribution in [3.63, 3.8) is 0 Å². The molecule has 69 valence electrons. The quantitative estimate of drug-likeness (QED) is 0.736. The van der Waals surface area contributed by atoms with E-state index in [1.165, 1.54) is 5.75 Å². The molecular weight excluding hydrogens is 184 g/mol. The zero-order valence-electron chi connectivity index (χ0n) is 7.18. The van der Waals surface area contributed by atoms with Gasteiger partial charge in [-0.25, -0.2) is 8.42 Å². The Balaban J connectivity index is 2.14. The van der Waals surface area contributed by atoms with Crippen LogP contribution in [0.2, 0.25) is 0 Å². The first-order chi connectivity index (χ1) is 6.18. The second kappa shape index (κ2) is 3.14. The Morgan fingerprint density at radius 3 is 2.31 bits per heavy atom. The fraction of sp³-hybridized carbons (Fsp3) is 0.300. The van der Waals surface area contributed by atoms with E-state index < -0.39 is 9.84 Å². The molecule has 0 amide bonds. The highest BCUT2D eigenvalue weighted by atomic mass is 32.2. The number of benzene rings is 1. The molecule has 1 aliphatic rings. The molecule has 1 aromatic rings. The van der Waals surface area contributed by atoms with E-state index in [0.717, 1.165) is 18.4 Å². The van der Waals surface area contributed by atoms with E-state index in [2.05, 4.69) is 0 Å². The Bertz CT molecular complexity index is 377. The Hall–Kier alpha value is -0.830. The molecule has 0 spiro atoms. The summed E-state index contributed by atoms with van der Waals surface area (Å²) in [6, 6.07) is 9.17. The number of hydrogen-bond donors (Lipinski definition) is 0. The molecule has 0 N–H and O–H groups in total. The van der Waals surface area contributed by atoms with Gasteiger partial charge in [0.15, 0.2) is 9.84 Å². The normalized spacial score (nSPS) is 17.2. The molecule has 2 nitrogen and oxygen atoms in total. The van der Waals surface area contributed by atoms with Crippen LogP contribution in [0.25, 0.3) is 0 Å². The molecule has 1 radical (unpaired) electrons. The summed E-state index contributed by atoms with van der Waals surface area (Å²) in [5.74, 6) is 1.38. The average Bonchev–Trinajstić information content (AvgIpc) is 2.87. The van der Waals surface area contributed by atoms with Crippen LogP contribution in [0.5, 0.6) is 0 Å². The third-order valence-corrected chi connectivity index (χ3v) is 4.09. The topological polar surface area (TPSA) is 34.1 Å². The van der Waals surface area contributed by atoms with Crippen molar-refractivity contribution in [2.45, 2.75) is 18.1 Å². The predicted molar refractivity (Wildman–Crippen MR) is 51.8 cm³/mol. The lowest BCUT2D eigenvalue weighted by molar-refractivity contribution is 0.601. The molecule has 2 rings (SSSR count). The van der Waals surface area contributed by atoms with Gasteiger partial charge in [0.25, 0.3) is 0 Å². The van der Waals surface area contributed by atoms with Crippen molar-refractivity contribution in [3.05, 3.63) is 41.6 Å². The lowest BCUT2D eigenvalue weighted by atomic mass is 10.2. The SMILES string of the molecule is O=S(=O)([CH]c1ccccc1)C1CC1. The van der Waals surface area contributed by atoms with Crippen LogP contribution in [0.3, 0.4) is 0 Å². The third kappa shape index (κ3) is 2.10. The number of sulfone groups is 1. The van der Waals surface area contributed by atoms with E-state index in [1.807, 2.05) is 18.2 Å². The first-order valence-corrected chi connectivity index (χ1v) is 5.93. The van der Waals surface area contributed by atoms with E-state index in [1.54, 1.807) is 12.1 Å². The fourth-order valence-corrected chi connectivity index (χ4v) is 2.74. The van der Waals surface area contributed by atoms with Crippen molar-refractivity contribution in [1.29, 1.82) is 0 Å². The van der Waals surface area contributed by atoms with Crippen LogP contribution < -0.4 is 0 Å². The van der Waals surface area contributed by atoms with Crippen molar-refractivity contribution in [1.82, 2.24) is 0 Å². The molecule has 0 heterocycles. The second-order valence-corrected chi connectivity index (χ2v) is 5.40. The zero-order valence-corrected chi connectivity index (χ0v) is 8.00. The molecule has 0 saturated heterocycles. The molecule has 0 aliphatic heterocycles. The summed E-state index contributed by atoms with van der Waals surface area (Å²) < 4.78 is 23.0. The van der Waals surface area contributed by atoms with Crippen LogP contribution >= 0.6 is 0 Å². The zero-order chi connectivity index (χ0) is 9.31. The monoisotopic (exact) mass is 195 g/mol. The van der Waals surface area contributed by atoms with Gasteiger partial charge in [-0.15, -0.1) is 0 Å². The van der Waals surface area contributed by atoms with Crippen LogP contribution in [0.4, 0.5) is 0 Å². The Morgan fingerprint density at radius 2 is 1.77 bits per heavy atom. The summed E-state index contributed by atoms with van der Waals surface area (Å²) in [5, 5.41) is -0.104. The molecule has 13 heavy (non-hydrogen) atoms. The lowest BCUT2D eigenvalue weighted by Crippen LogP contribution is -2.07. The van der Waals surface area contributed by atoms with Crippen molar-refractivity contribution < 1.29 is 8.42 Å². The van der Waals surface area contributed by atoms with Gasteiger partial charge in [0.2, 0.25) is 0 Å². The van der Waals surface area contributed by atoms with Gasteiger partial charge in [-0.1, -0.05) is 30.3 Å². The molecule has 1 fully saturated rings. The highest BCUT2D eigenvalue weighted by Gasteiger charge is 2.35. The highest BCUT2D eigenvalue weighted by molar-refractivity contribution is 7.94. The summed E-state index contributed by atoms with van der Waals surface area (Å²) in [6.45, 7) is 0. The summed E-state index contributed by atoms with van der Waals surface area (Å²) in [7, 11) is -2.97. The molecule has 1 saturated carbocycles. The maximum Gasteiger partial charge on any atom is 0.161 e. The van der Waals surface area contributed by atoms with Crippen LogP contribution in [0.1, 0.15) is 18.4 Å². The first kappa shape index (κ1) is 8.75. The van der Waals surface area contributed by atoms with Crippen molar-refractivity contribution in [3.8, 4) is 0 Å². The summed E-state index contributed by atoms with van der Waals surface area (Å²) >= 11 is 0. The minimum absolute atomic E-state index is 0.104. The molecular formula is C10H11O2S. The average molecular weight is 195 g/mol. The largest absolute Gasteiger partial charge is 0.228 e. The van der Waals surface area contributed by atoms with Crippen molar-refractivity contribution in [2.75, 3.05) is 0 Å². The number of rotatable bonds is 3. The maximum absolute atomic E-state index is 11.5. The molecule has 3 heteroatoms. The molecule has 0 unspecified atom stereocenters. The van der Waals surface area contributed by atoms with Crippen molar-refractivity contribution in [2.24, 2.45) is 0 Å². The molecule has 0 bridgehead atoms. The predicted octanol–water partition coefficient (Wildman–Crippen LogP) is 1.77. The maximum atomic E-state index is 11.5. The fourth-order valence-electron chi connectivity index (χ4n) is 1.21. The smallest absolute Gasteiger partial charge is 0.161 e. The van der Waals surface area contributed by atoms with Gasteiger partial charge in [0.05, 0.1) is 5.25 Å². The van der Waals surface area contributed by atoms with E-state index in [4.69, 9.17) is 0 Å². The lowest BCUT2D eigenvalue weighted by Gasteiger charge is -2.00. The Morgan fingerprint density at radius 1 is 1.15 bits per heavy atom. The third-order valence-electron chi connectivity index (χ3n) is 2.09. The van der Waals surface area contributed by atoms with E-state index in [-0.39, 0.29) is 5.25 Å². The van der Waals surface area contributed by atoms with Crippen LogP contribution in [0.15, 0.2) is 30.3 Å². The second-order valence-electron chi connectivity index (χ2n) is 3.32. The van der Waals surface area contributed by atoms with E-state index >= 15 is 0 Å². The highest BCUT2D eigenvalue weighted by Crippen LogP contribution is 2.31. The van der Waals surface area contributed by atoms with Gasteiger partial charge >= 0.3 is 0 Å². The molecule has 0 aromatic heterocycles. The van der Waals surface area contributed by atoms with E-state index in [9.17, 15) is 8.42 Å². The van der Waals surface area contributed by atoms with Gasteiger partial charge in [0.1, 0.15) is 5.75 Å². The minimum Gasteiger partial charge on any atom is -0.228 e. The molecule has 1 aliphatic carbocycles. The summed E-state index contributed by atoms with van der Waals surface area (Å²) in [4.78, 5) is 0. The first-order valence-electron chi connectivity index (χ1n) is 4.32. The molecule has 0 atom stereocenters. The van der Waals surface area contributed by atoms with Gasteiger partial charge in [-0.05, 0) is 18.4 Å². The van der Waals surface area contributed by atoms with Gasteiger partial charge in [-0.3, -0.25) is 0 Å². The summed E-state index contributed by atoms with van der Waals surface area (Å²) in [6.07, 6.45) is 1.65. The standard InChI is InChI=1S/C10H11O2S/c11-13(12,10-6-7-10)8-9-4-2-1-3-5-9/h1-5,8,10H,6-7H2. The minimum atomic E-state index is -2.97. The van der Waals surface area contributed by atoms with Gasteiger partial charge in [-0.2, -0.15) is 0 Å². The van der Waals surface area contributed by atoms with Gasteiger partial charge < -0.3 is 0 Å². The van der Waals surface area contributed by atoms with Crippen LogP contribution in [-0.4, -0.2) is 13.7 Å². The van der Waals surface area contributed by atoms with E-state index in [0.29, 0.717) is 0 Å². The molecule has 1 aromatic carbocycles. The Labute approximate surface area is 78.5 Å². The van der Waals surface area contributed by atoms with Crippen LogP contribution in [0, 0.1) is 5.75 Å².